The molecule has 0 bridgehead atoms. The number of anilines is 1. The zero-order valence-corrected chi connectivity index (χ0v) is 18.2. The van der Waals surface area contributed by atoms with Gasteiger partial charge in [-0.25, -0.2) is 9.78 Å². The molecular formula is C23H23N3O5S. The highest BCUT2D eigenvalue weighted by Gasteiger charge is 2.21. The van der Waals surface area contributed by atoms with Crippen molar-refractivity contribution in [2.75, 3.05) is 5.32 Å². The minimum atomic E-state index is -1.11. The van der Waals surface area contributed by atoms with Crippen LogP contribution in [0.5, 0.6) is 5.75 Å². The Morgan fingerprint density at radius 2 is 1.72 bits per heavy atom. The number of carboxylic acid groups (broad SMARTS) is 1. The summed E-state index contributed by atoms with van der Waals surface area (Å²) in [6.07, 6.45) is -0.650. The molecule has 1 aromatic heterocycles. The van der Waals surface area contributed by atoms with Crippen molar-refractivity contribution in [3.8, 4) is 5.75 Å². The zero-order chi connectivity index (χ0) is 22.9. The fourth-order valence-corrected chi connectivity index (χ4v) is 3.58. The smallest absolute Gasteiger partial charge is 0.326 e. The summed E-state index contributed by atoms with van der Waals surface area (Å²) in [5.41, 5.74) is 1.24. The highest BCUT2D eigenvalue weighted by Crippen LogP contribution is 2.17. The number of nitrogens with one attached hydrogen (secondary N) is 2. The van der Waals surface area contributed by atoms with Gasteiger partial charge in [0.25, 0.3) is 5.91 Å². The quantitative estimate of drug-likeness (QED) is 0.435. The molecule has 0 aliphatic rings. The Morgan fingerprint density at radius 3 is 2.38 bits per heavy atom. The number of carboxylic acids is 1. The number of rotatable bonds is 10. The molecule has 3 rings (SSSR count). The molecule has 0 aliphatic heterocycles. The summed E-state index contributed by atoms with van der Waals surface area (Å²) in [4.78, 5) is 40.4. The molecule has 0 saturated heterocycles. The SMILES string of the molecule is CC(Oc1ccccc1)C(=O)Nc1nc(CC(=O)NC(Cc2ccccc2)C(=O)O)cs1. The van der Waals surface area contributed by atoms with Crippen molar-refractivity contribution in [3.05, 3.63) is 77.3 Å². The van der Waals surface area contributed by atoms with Crippen LogP contribution in [0.25, 0.3) is 0 Å². The van der Waals surface area contributed by atoms with Gasteiger partial charge in [0, 0.05) is 11.8 Å². The van der Waals surface area contributed by atoms with E-state index in [0.717, 1.165) is 5.56 Å². The van der Waals surface area contributed by atoms with Gasteiger partial charge in [-0.2, -0.15) is 0 Å². The third-order valence-corrected chi connectivity index (χ3v) is 5.27. The summed E-state index contributed by atoms with van der Waals surface area (Å²) in [6, 6.07) is 17.0. The second-order valence-corrected chi connectivity index (χ2v) is 7.89. The van der Waals surface area contributed by atoms with E-state index in [1.54, 1.807) is 36.6 Å². The Balaban J connectivity index is 1.51. The van der Waals surface area contributed by atoms with Crippen LogP contribution in [-0.2, 0) is 27.2 Å². The molecule has 166 valence electrons. The molecule has 0 radical (unpaired) electrons. The van der Waals surface area contributed by atoms with Crippen molar-refractivity contribution in [1.82, 2.24) is 10.3 Å². The Kier molecular flexibility index (Phi) is 7.93. The molecule has 2 amide bonds. The predicted octanol–water partition coefficient (Wildman–Crippen LogP) is 2.90. The lowest BCUT2D eigenvalue weighted by atomic mass is 10.1. The van der Waals surface area contributed by atoms with Gasteiger partial charge < -0.3 is 15.2 Å². The third kappa shape index (κ3) is 6.92. The lowest BCUT2D eigenvalue weighted by Gasteiger charge is -2.14. The van der Waals surface area contributed by atoms with Crippen LogP contribution in [-0.4, -0.2) is 40.0 Å². The molecule has 32 heavy (non-hydrogen) atoms. The molecular weight excluding hydrogens is 430 g/mol. The maximum absolute atomic E-state index is 12.3. The van der Waals surface area contributed by atoms with Gasteiger partial charge in [0.2, 0.25) is 5.91 Å². The van der Waals surface area contributed by atoms with Crippen molar-refractivity contribution >= 4 is 34.3 Å². The Hall–Kier alpha value is -3.72. The average molecular weight is 454 g/mol. The normalized spacial score (nSPS) is 12.4. The molecule has 0 spiro atoms. The topological polar surface area (TPSA) is 118 Å². The summed E-state index contributed by atoms with van der Waals surface area (Å²) in [5, 5.41) is 16.6. The second kappa shape index (κ2) is 11.1. The first-order valence-electron chi connectivity index (χ1n) is 9.94. The van der Waals surface area contributed by atoms with Crippen molar-refractivity contribution in [2.24, 2.45) is 0 Å². The lowest BCUT2D eigenvalue weighted by Crippen LogP contribution is -2.43. The van der Waals surface area contributed by atoms with Crippen LogP contribution in [0.4, 0.5) is 5.13 Å². The van der Waals surface area contributed by atoms with E-state index in [4.69, 9.17) is 4.74 Å². The lowest BCUT2D eigenvalue weighted by molar-refractivity contribution is -0.141. The highest BCUT2D eigenvalue weighted by molar-refractivity contribution is 7.13. The molecule has 2 atom stereocenters. The number of carbonyl (C=O) groups excluding carboxylic acids is 2. The molecule has 2 aromatic carbocycles. The number of ether oxygens (including phenoxy) is 1. The number of para-hydroxylation sites is 1. The zero-order valence-electron chi connectivity index (χ0n) is 17.4. The van der Waals surface area contributed by atoms with Crippen LogP contribution in [0, 0.1) is 0 Å². The van der Waals surface area contributed by atoms with Crippen LogP contribution >= 0.6 is 11.3 Å². The fourth-order valence-electron chi connectivity index (χ4n) is 2.87. The number of hydrogen-bond donors (Lipinski definition) is 3. The van der Waals surface area contributed by atoms with E-state index in [-0.39, 0.29) is 18.7 Å². The highest BCUT2D eigenvalue weighted by atomic mass is 32.1. The summed E-state index contributed by atoms with van der Waals surface area (Å²) < 4.78 is 5.58. The number of amides is 2. The monoisotopic (exact) mass is 453 g/mol. The maximum Gasteiger partial charge on any atom is 0.326 e. The third-order valence-electron chi connectivity index (χ3n) is 4.46. The molecule has 8 nitrogen and oxygen atoms in total. The van der Waals surface area contributed by atoms with Gasteiger partial charge in [0.05, 0.1) is 12.1 Å². The van der Waals surface area contributed by atoms with Crippen LogP contribution in [0.3, 0.4) is 0 Å². The van der Waals surface area contributed by atoms with Gasteiger partial charge in [-0.05, 0) is 24.6 Å². The van der Waals surface area contributed by atoms with Crippen molar-refractivity contribution in [1.29, 1.82) is 0 Å². The molecule has 0 aliphatic carbocycles. The number of carbonyl (C=O) groups is 3. The van der Waals surface area contributed by atoms with Gasteiger partial charge in [0.15, 0.2) is 11.2 Å². The van der Waals surface area contributed by atoms with Crippen LogP contribution in [0.1, 0.15) is 18.2 Å². The predicted molar refractivity (Wildman–Crippen MR) is 121 cm³/mol. The van der Waals surface area contributed by atoms with E-state index >= 15 is 0 Å². The largest absolute Gasteiger partial charge is 0.481 e. The molecule has 1 heterocycles. The van der Waals surface area contributed by atoms with Crippen LogP contribution < -0.4 is 15.4 Å². The Bertz CT molecular complexity index is 1060. The van der Waals surface area contributed by atoms with Gasteiger partial charge >= 0.3 is 5.97 Å². The van der Waals surface area contributed by atoms with Gasteiger partial charge in [-0.3, -0.25) is 14.9 Å². The summed E-state index contributed by atoms with van der Waals surface area (Å²) in [6.45, 7) is 1.63. The van der Waals surface area contributed by atoms with Crippen molar-refractivity contribution in [3.63, 3.8) is 0 Å². The Labute approximate surface area is 189 Å². The minimum Gasteiger partial charge on any atom is -0.481 e. The maximum atomic E-state index is 12.3. The Morgan fingerprint density at radius 1 is 1.06 bits per heavy atom. The van der Waals surface area contributed by atoms with E-state index in [1.807, 2.05) is 36.4 Å². The average Bonchev–Trinajstić information content (AvgIpc) is 3.21. The van der Waals surface area contributed by atoms with Crippen LogP contribution in [0.2, 0.25) is 0 Å². The molecule has 3 aromatic rings. The molecule has 0 saturated carbocycles. The van der Waals surface area contributed by atoms with E-state index in [0.29, 0.717) is 16.6 Å². The van der Waals surface area contributed by atoms with E-state index in [2.05, 4.69) is 15.6 Å². The fraction of sp³-hybridized carbons (Fsp3) is 0.217. The molecule has 9 heteroatoms. The summed E-state index contributed by atoms with van der Waals surface area (Å²) >= 11 is 1.18. The molecule has 0 fully saturated rings. The first-order valence-corrected chi connectivity index (χ1v) is 10.8. The number of benzene rings is 2. The number of aliphatic carboxylic acids is 1. The number of aromatic nitrogens is 1. The van der Waals surface area contributed by atoms with Crippen molar-refractivity contribution in [2.45, 2.75) is 31.9 Å². The standard InChI is InChI=1S/C23H23N3O5S/c1-15(31-18-10-6-3-7-11-18)21(28)26-23-24-17(14-32-23)13-20(27)25-19(22(29)30)12-16-8-4-2-5-9-16/h2-11,14-15,19H,12-13H2,1H3,(H,25,27)(H,29,30)(H,24,26,28). The first-order chi connectivity index (χ1) is 15.4. The number of hydrogen-bond acceptors (Lipinski definition) is 6. The first kappa shape index (κ1) is 23.0. The second-order valence-electron chi connectivity index (χ2n) is 7.03. The van der Waals surface area contributed by atoms with E-state index < -0.39 is 24.0 Å². The molecule has 2 unspecified atom stereocenters. The van der Waals surface area contributed by atoms with Crippen LogP contribution in [0.15, 0.2) is 66.0 Å². The van der Waals surface area contributed by atoms with Gasteiger partial charge in [-0.15, -0.1) is 11.3 Å². The number of thiazole rings is 1. The molecule has 3 N–H and O–H groups in total. The number of nitrogens with zero attached hydrogens (tertiary/aromatic N) is 1. The summed E-state index contributed by atoms with van der Waals surface area (Å²) in [5.74, 6) is -1.36. The van der Waals surface area contributed by atoms with Crippen molar-refractivity contribution < 1.29 is 24.2 Å². The van der Waals surface area contributed by atoms with E-state index in [9.17, 15) is 19.5 Å². The van der Waals surface area contributed by atoms with E-state index in [1.165, 1.54) is 11.3 Å². The van der Waals surface area contributed by atoms with Gasteiger partial charge in [-0.1, -0.05) is 48.5 Å². The van der Waals surface area contributed by atoms with Gasteiger partial charge in [0.1, 0.15) is 11.8 Å². The minimum absolute atomic E-state index is 0.0962. The summed E-state index contributed by atoms with van der Waals surface area (Å²) in [7, 11) is 0.